The Bertz CT molecular complexity index is 587. The lowest BCUT2D eigenvalue weighted by atomic mass is 10.1. The van der Waals surface area contributed by atoms with Gasteiger partial charge in [-0.1, -0.05) is 12.1 Å². The Balaban J connectivity index is 1.78. The van der Waals surface area contributed by atoms with Crippen LogP contribution >= 0.6 is 11.3 Å². The van der Waals surface area contributed by atoms with Crippen LogP contribution in [0, 0.1) is 13.8 Å². The van der Waals surface area contributed by atoms with E-state index >= 15 is 0 Å². The van der Waals surface area contributed by atoms with Gasteiger partial charge in [0.1, 0.15) is 17.4 Å². The molecule has 1 aromatic heterocycles. The summed E-state index contributed by atoms with van der Waals surface area (Å²) in [6, 6.07) is 6.34. The van der Waals surface area contributed by atoms with Crippen molar-refractivity contribution in [2.45, 2.75) is 39.3 Å². The van der Waals surface area contributed by atoms with Crippen molar-refractivity contribution in [1.82, 2.24) is 4.98 Å². The van der Waals surface area contributed by atoms with Crippen molar-refractivity contribution in [2.24, 2.45) is 5.73 Å². The zero-order valence-corrected chi connectivity index (χ0v) is 12.1. The summed E-state index contributed by atoms with van der Waals surface area (Å²) in [6.07, 6.45) is 2.04. The van der Waals surface area contributed by atoms with Crippen LogP contribution in [-0.2, 0) is 13.0 Å². The molecule has 1 atom stereocenters. The normalized spacial score (nSPS) is 17.5. The van der Waals surface area contributed by atoms with E-state index < -0.39 is 0 Å². The quantitative estimate of drug-likeness (QED) is 0.934. The molecule has 2 N–H and O–H groups in total. The van der Waals surface area contributed by atoms with Crippen molar-refractivity contribution in [2.75, 3.05) is 0 Å². The van der Waals surface area contributed by atoms with E-state index in [1.165, 1.54) is 16.0 Å². The average molecular weight is 274 g/mol. The Morgan fingerprint density at radius 2 is 2.26 bits per heavy atom. The summed E-state index contributed by atoms with van der Waals surface area (Å²) in [7, 11) is 0. The van der Waals surface area contributed by atoms with Gasteiger partial charge in [-0.05, 0) is 43.9 Å². The van der Waals surface area contributed by atoms with Crippen LogP contribution in [0.5, 0.6) is 5.75 Å². The molecule has 1 aromatic carbocycles. The molecule has 1 unspecified atom stereocenters. The van der Waals surface area contributed by atoms with E-state index in [-0.39, 0.29) is 6.04 Å². The van der Waals surface area contributed by atoms with Crippen molar-refractivity contribution in [3.05, 3.63) is 44.9 Å². The lowest BCUT2D eigenvalue weighted by Crippen LogP contribution is -2.05. The lowest BCUT2D eigenvalue weighted by Gasteiger charge is -2.10. The van der Waals surface area contributed by atoms with Gasteiger partial charge in [0, 0.05) is 10.9 Å². The van der Waals surface area contributed by atoms with Crippen molar-refractivity contribution in [3.8, 4) is 5.75 Å². The van der Waals surface area contributed by atoms with Crippen LogP contribution in [0.25, 0.3) is 0 Å². The minimum absolute atomic E-state index is 0.169. The maximum atomic E-state index is 6.08. The number of hydrogen-bond donors (Lipinski definition) is 1. The summed E-state index contributed by atoms with van der Waals surface area (Å²) in [5.41, 5.74) is 9.70. The SMILES string of the molecule is Cc1nc(COc2cccc3c2CCC3N)sc1C. The van der Waals surface area contributed by atoms with Gasteiger partial charge in [-0.15, -0.1) is 11.3 Å². The van der Waals surface area contributed by atoms with E-state index in [1.807, 2.05) is 19.1 Å². The topological polar surface area (TPSA) is 48.1 Å². The molecule has 0 bridgehead atoms. The first kappa shape index (κ1) is 12.6. The maximum absolute atomic E-state index is 6.08. The van der Waals surface area contributed by atoms with E-state index in [9.17, 15) is 0 Å². The molecule has 0 radical (unpaired) electrons. The summed E-state index contributed by atoms with van der Waals surface area (Å²) in [4.78, 5) is 5.77. The second kappa shape index (κ2) is 4.94. The number of benzene rings is 1. The fourth-order valence-corrected chi connectivity index (χ4v) is 3.38. The number of ether oxygens (including phenoxy) is 1. The zero-order chi connectivity index (χ0) is 13.4. The van der Waals surface area contributed by atoms with Crippen molar-refractivity contribution < 1.29 is 4.74 Å². The highest BCUT2D eigenvalue weighted by molar-refractivity contribution is 7.11. The molecule has 3 nitrogen and oxygen atoms in total. The fourth-order valence-electron chi connectivity index (χ4n) is 2.53. The summed E-state index contributed by atoms with van der Waals surface area (Å²) in [6.45, 7) is 4.68. The van der Waals surface area contributed by atoms with Crippen molar-refractivity contribution in [1.29, 1.82) is 0 Å². The number of fused-ring (bicyclic) bond motifs is 1. The highest BCUT2D eigenvalue weighted by atomic mass is 32.1. The van der Waals surface area contributed by atoms with Gasteiger partial charge in [-0.25, -0.2) is 4.98 Å². The van der Waals surface area contributed by atoms with Gasteiger partial charge in [0.25, 0.3) is 0 Å². The fraction of sp³-hybridized carbons (Fsp3) is 0.400. The molecule has 3 rings (SSSR count). The second-order valence-electron chi connectivity index (χ2n) is 5.01. The Kier molecular flexibility index (Phi) is 3.29. The standard InChI is InChI=1S/C15H18N2OS/c1-9-10(2)19-15(17-9)8-18-14-5-3-4-11-12(14)6-7-13(11)16/h3-5,13H,6-8,16H2,1-2H3. The molecule has 1 aliphatic rings. The van der Waals surface area contributed by atoms with Crippen LogP contribution in [-0.4, -0.2) is 4.98 Å². The van der Waals surface area contributed by atoms with Crippen LogP contribution in [0.1, 0.15) is 39.2 Å². The average Bonchev–Trinajstić information content (AvgIpc) is 2.92. The highest BCUT2D eigenvalue weighted by Gasteiger charge is 2.22. The van der Waals surface area contributed by atoms with Gasteiger partial charge in [-0.2, -0.15) is 0 Å². The zero-order valence-electron chi connectivity index (χ0n) is 11.3. The molecule has 0 fully saturated rings. The smallest absolute Gasteiger partial charge is 0.140 e. The first-order valence-electron chi connectivity index (χ1n) is 6.58. The summed E-state index contributed by atoms with van der Waals surface area (Å²) in [5, 5.41) is 1.04. The van der Waals surface area contributed by atoms with Crippen LogP contribution in [0.2, 0.25) is 0 Å². The molecular weight excluding hydrogens is 256 g/mol. The van der Waals surface area contributed by atoms with Crippen molar-refractivity contribution >= 4 is 11.3 Å². The van der Waals surface area contributed by atoms with Crippen LogP contribution < -0.4 is 10.5 Å². The first-order valence-corrected chi connectivity index (χ1v) is 7.40. The van der Waals surface area contributed by atoms with E-state index in [1.54, 1.807) is 11.3 Å². The molecule has 4 heteroatoms. The molecule has 0 aliphatic heterocycles. The van der Waals surface area contributed by atoms with Gasteiger partial charge < -0.3 is 10.5 Å². The van der Waals surface area contributed by atoms with Gasteiger partial charge in [0.2, 0.25) is 0 Å². The third-order valence-corrected chi connectivity index (χ3v) is 4.74. The van der Waals surface area contributed by atoms with Crippen molar-refractivity contribution in [3.63, 3.8) is 0 Å². The minimum atomic E-state index is 0.169. The highest BCUT2D eigenvalue weighted by Crippen LogP contribution is 2.35. The third-order valence-electron chi connectivity index (χ3n) is 3.70. The molecule has 0 spiro atoms. The molecular formula is C15H18N2OS. The molecule has 0 saturated heterocycles. The Hall–Kier alpha value is -1.39. The molecule has 0 saturated carbocycles. The largest absolute Gasteiger partial charge is 0.486 e. The summed E-state index contributed by atoms with van der Waals surface area (Å²) >= 11 is 1.71. The van der Waals surface area contributed by atoms with E-state index in [2.05, 4.69) is 18.0 Å². The number of aromatic nitrogens is 1. The summed E-state index contributed by atoms with van der Waals surface area (Å²) < 4.78 is 5.94. The van der Waals surface area contributed by atoms with E-state index in [0.717, 1.165) is 29.3 Å². The number of hydrogen-bond acceptors (Lipinski definition) is 4. The van der Waals surface area contributed by atoms with E-state index in [0.29, 0.717) is 6.61 Å². The lowest BCUT2D eigenvalue weighted by molar-refractivity contribution is 0.302. The monoisotopic (exact) mass is 274 g/mol. The Labute approximate surface area is 117 Å². The second-order valence-corrected chi connectivity index (χ2v) is 6.29. The predicted molar refractivity (Wildman–Crippen MR) is 77.6 cm³/mol. The predicted octanol–water partition coefficient (Wildman–Crippen LogP) is 3.28. The number of nitrogens with zero attached hydrogens (tertiary/aromatic N) is 1. The first-order chi connectivity index (χ1) is 9.15. The number of nitrogens with two attached hydrogens (primary N) is 1. The number of thiazole rings is 1. The Morgan fingerprint density at radius 3 is 3.00 bits per heavy atom. The van der Waals surface area contributed by atoms with E-state index in [4.69, 9.17) is 10.5 Å². The molecule has 100 valence electrons. The Morgan fingerprint density at radius 1 is 1.42 bits per heavy atom. The minimum Gasteiger partial charge on any atom is -0.486 e. The molecule has 1 aliphatic carbocycles. The molecule has 0 amide bonds. The molecule has 19 heavy (non-hydrogen) atoms. The van der Waals surface area contributed by atoms with Crippen LogP contribution in [0.4, 0.5) is 0 Å². The maximum Gasteiger partial charge on any atom is 0.140 e. The van der Waals surface area contributed by atoms with Gasteiger partial charge in [-0.3, -0.25) is 0 Å². The van der Waals surface area contributed by atoms with Gasteiger partial charge in [0.05, 0.1) is 5.69 Å². The van der Waals surface area contributed by atoms with Gasteiger partial charge >= 0.3 is 0 Å². The summed E-state index contributed by atoms with van der Waals surface area (Å²) in [5.74, 6) is 0.968. The number of rotatable bonds is 3. The van der Waals surface area contributed by atoms with Crippen LogP contribution in [0.15, 0.2) is 18.2 Å². The van der Waals surface area contributed by atoms with Gasteiger partial charge in [0.15, 0.2) is 0 Å². The van der Waals surface area contributed by atoms with Crippen LogP contribution in [0.3, 0.4) is 0 Å². The molecule has 2 aromatic rings. The number of aryl methyl sites for hydroxylation is 2. The third kappa shape index (κ3) is 2.38. The molecule has 1 heterocycles.